The molecule has 3 heterocycles. The molecular weight excluding hydrogens is 302 g/mol. The number of nitrogens with zero attached hydrogens (tertiary/aromatic N) is 4. The number of amides is 1. The van der Waals surface area contributed by atoms with Gasteiger partial charge in [-0.15, -0.1) is 0 Å². The number of aromatic nitrogens is 4. The molecule has 1 N–H and O–H groups in total. The van der Waals surface area contributed by atoms with Crippen LogP contribution in [-0.2, 0) is 0 Å². The van der Waals surface area contributed by atoms with Crippen molar-refractivity contribution < 1.29 is 4.79 Å². The van der Waals surface area contributed by atoms with Crippen LogP contribution in [0.3, 0.4) is 0 Å². The first-order chi connectivity index (χ1) is 11.7. The summed E-state index contributed by atoms with van der Waals surface area (Å²) in [6.07, 6.45) is 1.96. The van der Waals surface area contributed by atoms with Gasteiger partial charge in [0.15, 0.2) is 5.82 Å². The Labute approximate surface area is 139 Å². The molecule has 1 aromatic carbocycles. The van der Waals surface area contributed by atoms with Gasteiger partial charge in [0.05, 0.1) is 5.52 Å². The number of likely N-dealkylation sites (tertiary alicyclic amines) is 1. The summed E-state index contributed by atoms with van der Waals surface area (Å²) in [5, 5.41) is 8.19. The normalized spacial score (nSPS) is 18.0. The van der Waals surface area contributed by atoms with E-state index in [0.717, 1.165) is 41.9 Å². The maximum atomic E-state index is 12.8. The van der Waals surface area contributed by atoms with Crippen LogP contribution < -0.4 is 0 Å². The number of rotatable bonds is 2. The minimum Gasteiger partial charge on any atom is -0.337 e. The number of piperidine rings is 1. The van der Waals surface area contributed by atoms with Crippen LogP contribution in [0.4, 0.5) is 0 Å². The van der Waals surface area contributed by atoms with E-state index in [9.17, 15) is 4.79 Å². The lowest BCUT2D eigenvalue weighted by Gasteiger charge is -2.31. The minimum absolute atomic E-state index is 0.0160. The Balaban J connectivity index is 1.56. The van der Waals surface area contributed by atoms with E-state index in [1.54, 1.807) is 0 Å². The van der Waals surface area contributed by atoms with Gasteiger partial charge in [-0.3, -0.25) is 9.89 Å². The number of aryl methyl sites for hydroxylation is 1. The van der Waals surface area contributed by atoms with Crippen molar-refractivity contribution in [1.82, 2.24) is 25.1 Å². The summed E-state index contributed by atoms with van der Waals surface area (Å²) in [5.74, 6) is 1.78. The number of fused-ring (bicyclic) bond motifs is 1. The molecule has 2 aromatic heterocycles. The van der Waals surface area contributed by atoms with E-state index in [-0.39, 0.29) is 11.8 Å². The number of carbonyl (C=O) groups excluding carboxylic acids is 1. The van der Waals surface area contributed by atoms with Crippen LogP contribution in [0, 0.1) is 6.92 Å². The van der Waals surface area contributed by atoms with Crippen LogP contribution in [0.25, 0.3) is 10.9 Å². The second-order valence-electron chi connectivity index (χ2n) is 6.26. The summed E-state index contributed by atoms with van der Waals surface area (Å²) in [7, 11) is 0. The predicted octanol–water partition coefficient (Wildman–Crippen LogP) is 2.68. The smallest absolute Gasteiger partial charge is 0.272 e. The largest absolute Gasteiger partial charge is 0.337 e. The van der Waals surface area contributed by atoms with E-state index >= 15 is 0 Å². The monoisotopic (exact) mass is 321 g/mol. The zero-order chi connectivity index (χ0) is 16.5. The van der Waals surface area contributed by atoms with E-state index < -0.39 is 0 Å². The third-order valence-corrected chi connectivity index (χ3v) is 4.51. The highest BCUT2D eigenvalue weighted by molar-refractivity contribution is 5.95. The Kier molecular flexibility index (Phi) is 3.72. The third kappa shape index (κ3) is 2.75. The molecule has 6 heteroatoms. The fourth-order valence-electron chi connectivity index (χ4n) is 3.26. The maximum Gasteiger partial charge on any atom is 0.272 e. The van der Waals surface area contributed by atoms with Gasteiger partial charge in [0.25, 0.3) is 5.91 Å². The van der Waals surface area contributed by atoms with E-state index in [4.69, 9.17) is 0 Å². The van der Waals surface area contributed by atoms with Gasteiger partial charge in [-0.1, -0.05) is 24.3 Å². The molecule has 0 bridgehead atoms. The molecule has 0 radical (unpaired) electrons. The molecule has 0 aliphatic carbocycles. The topological polar surface area (TPSA) is 74.8 Å². The minimum atomic E-state index is -0.0160. The first-order valence-electron chi connectivity index (χ1n) is 8.25. The Morgan fingerprint density at radius 3 is 2.92 bits per heavy atom. The van der Waals surface area contributed by atoms with Crippen LogP contribution in [-0.4, -0.2) is 44.1 Å². The average Bonchev–Trinajstić information content (AvgIpc) is 3.07. The van der Waals surface area contributed by atoms with Crippen molar-refractivity contribution in [3.63, 3.8) is 0 Å². The zero-order valence-electron chi connectivity index (χ0n) is 13.6. The molecule has 0 unspecified atom stereocenters. The lowest BCUT2D eigenvalue weighted by molar-refractivity contribution is 0.0699. The summed E-state index contributed by atoms with van der Waals surface area (Å²) < 4.78 is 0. The van der Waals surface area contributed by atoms with Crippen LogP contribution >= 0.6 is 0 Å². The summed E-state index contributed by atoms with van der Waals surface area (Å²) in [5.41, 5.74) is 1.35. The second kappa shape index (κ2) is 6.03. The summed E-state index contributed by atoms with van der Waals surface area (Å²) in [4.78, 5) is 23.7. The Morgan fingerprint density at radius 2 is 2.08 bits per heavy atom. The molecule has 1 fully saturated rings. The first-order valence-corrected chi connectivity index (χ1v) is 8.25. The standard InChI is InChI=1S/C18H19N5O/c1-12-19-17(22-21-12)14-6-4-10-23(11-14)18(24)16-9-8-13-5-2-3-7-15(13)20-16/h2-3,5,7-9,14H,4,6,10-11H2,1H3,(H,19,21,22)/t14-/m1/s1. The number of hydrogen-bond donors (Lipinski definition) is 1. The summed E-state index contributed by atoms with van der Waals surface area (Å²) in [6, 6.07) is 11.6. The Hall–Kier alpha value is -2.76. The highest BCUT2D eigenvalue weighted by Crippen LogP contribution is 2.25. The van der Waals surface area contributed by atoms with Crippen molar-refractivity contribution in [1.29, 1.82) is 0 Å². The van der Waals surface area contributed by atoms with Crippen molar-refractivity contribution in [2.24, 2.45) is 0 Å². The number of para-hydroxylation sites is 1. The number of nitrogens with one attached hydrogen (secondary N) is 1. The van der Waals surface area contributed by atoms with Gasteiger partial charge in [0.2, 0.25) is 0 Å². The molecule has 0 saturated carbocycles. The third-order valence-electron chi connectivity index (χ3n) is 4.51. The van der Waals surface area contributed by atoms with Crippen LogP contribution in [0.5, 0.6) is 0 Å². The van der Waals surface area contributed by atoms with Crippen molar-refractivity contribution in [3.8, 4) is 0 Å². The SMILES string of the molecule is Cc1nc([C@@H]2CCCN(C(=O)c3ccc4ccccc4n3)C2)n[nH]1. The molecule has 1 amide bonds. The number of carbonyl (C=O) groups is 1. The second-order valence-corrected chi connectivity index (χ2v) is 6.26. The zero-order valence-corrected chi connectivity index (χ0v) is 13.6. The number of hydrogen-bond acceptors (Lipinski definition) is 4. The number of H-pyrrole nitrogens is 1. The predicted molar refractivity (Wildman–Crippen MR) is 90.7 cm³/mol. The molecule has 3 aromatic rings. The molecule has 4 rings (SSSR count). The van der Waals surface area contributed by atoms with Crippen LogP contribution in [0.1, 0.15) is 40.9 Å². The number of benzene rings is 1. The van der Waals surface area contributed by atoms with Gasteiger partial charge in [-0.25, -0.2) is 9.97 Å². The Morgan fingerprint density at radius 1 is 1.21 bits per heavy atom. The van der Waals surface area contributed by atoms with E-state index in [1.165, 1.54) is 0 Å². The van der Waals surface area contributed by atoms with Gasteiger partial charge in [0.1, 0.15) is 11.5 Å². The summed E-state index contributed by atoms with van der Waals surface area (Å²) >= 11 is 0. The van der Waals surface area contributed by atoms with Crippen molar-refractivity contribution in [2.75, 3.05) is 13.1 Å². The molecule has 122 valence electrons. The molecule has 0 spiro atoms. The lowest BCUT2D eigenvalue weighted by atomic mass is 9.97. The lowest BCUT2D eigenvalue weighted by Crippen LogP contribution is -2.39. The van der Waals surface area contributed by atoms with Crippen molar-refractivity contribution >= 4 is 16.8 Å². The fourth-order valence-corrected chi connectivity index (χ4v) is 3.26. The van der Waals surface area contributed by atoms with Gasteiger partial charge < -0.3 is 4.90 Å². The molecule has 6 nitrogen and oxygen atoms in total. The van der Waals surface area contributed by atoms with Crippen LogP contribution in [0.2, 0.25) is 0 Å². The van der Waals surface area contributed by atoms with Crippen molar-refractivity contribution in [3.05, 3.63) is 53.7 Å². The molecule has 1 saturated heterocycles. The first kappa shape index (κ1) is 14.8. The molecule has 1 aliphatic rings. The quantitative estimate of drug-likeness (QED) is 0.787. The highest BCUT2D eigenvalue weighted by Gasteiger charge is 2.28. The summed E-state index contributed by atoms with van der Waals surface area (Å²) in [6.45, 7) is 3.29. The maximum absolute atomic E-state index is 12.8. The highest BCUT2D eigenvalue weighted by atomic mass is 16.2. The molecule has 1 aliphatic heterocycles. The van der Waals surface area contributed by atoms with Gasteiger partial charge in [-0.05, 0) is 31.9 Å². The van der Waals surface area contributed by atoms with Gasteiger partial charge in [0, 0.05) is 24.4 Å². The molecular formula is C18H19N5O. The molecule has 24 heavy (non-hydrogen) atoms. The van der Waals surface area contributed by atoms with Crippen LogP contribution in [0.15, 0.2) is 36.4 Å². The number of pyridine rings is 1. The average molecular weight is 321 g/mol. The fraction of sp³-hybridized carbons (Fsp3) is 0.333. The number of aromatic amines is 1. The van der Waals surface area contributed by atoms with Crippen molar-refractivity contribution in [2.45, 2.75) is 25.7 Å². The molecule has 1 atom stereocenters. The van der Waals surface area contributed by atoms with E-state index in [1.807, 2.05) is 48.2 Å². The van der Waals surface area contributed by atoms with Gasteiger partial charge in [-0.2, -0.15) is 5.10 Å². The van der Waals surface area contributed by atoms with E-state index in [2.05, 4.69) is 20.2 Å². The Bertz CT molecular complexity index is 888. The van der Waals surface area contributed by atoms with Gasteiger partial charge >= 0.3 is 0 Å². The van der Waals surface area contributed by atoms with E-state index in [0.29, 0.717) is 12.2 Å².